The maximum Gasteiger partial charge on any atom is 0.311 e. The van der Waals surface area contributed by atoms with Gasteiger partial charge in [-0.1, -0.05) is 0 Å². The minimum Gasteiger partial charge on any atom is -0.481 e. The Kier molecular flexibility index (Phi) is 4.15. The van der Waals surface area contributed by atoms with Gasteiger partial charge in [0.15, 0.2) is 0 Å². The van der Waals surface area contributed by atoms with Crippen LogP contribution in [0, 0.1) is 25.2 Å². The zero-order chi connectivity index (χ0) is 17.6. The lowest BCUT2D eigenvalue weighted by Crippen LogP contribution is -2.45. The first-order valence-corrected chi connectivity index (χ1v) is 8.38. The number of aromatic nitrogens is 2. The smallest absolute Gasteiger partial charge is 0.311 e. The van der Waals surface area contributed by atoms with E-state index in [-0.39, 0.29) is 24.3 Å². The number of fused-ring (bicyclic) bond motifs is 1. The van der Waals surface area contributed by atoms with E-state index in [2.05, 4.69) is 5.10 Å². The predicted octanol–water partition coefficient (Wildman–Crippen LogP) is 1.09. The maximum atomic E-state index is 13.0. The SMILES string of the molecule is Cc1nn(C)c(C)c1C(C)C(=O)N1C[C@H]2COCC[C@@]2(C(=O)O)C1. The summed E-state index contributed by atoms with van der Waals surface area (Å²) in [4.78, 5) is 26.6. The number of nitrogens with zero attached hydrogens (tertiary/aromatic N) is 3. The molecule has 3 rings (SSSR count). The average molecular weight is 335 g/mol. The zero-order valence-corrected chi connectivity index (χ0v) is 14.7. The van der Waals surface area contributed by atoms with E-state index in [4.69, 9.17) is 4.74 Å². The molecule has 132 valence electrons. The molecule has 7 nitrogen and oxygen atoms in total. The van der Waals surface area contributed by atoms with E-state index in [1.807, 2.05) is 27.8 Å². The molecule has 2 fully saturated rings. The number of hydrogen-bond acceptors (Lipinski definition) is 4. The Morgan fingerprint density at radius 2 is 2.12 bits per heavy atom. The highest BCUT2D eigenvalue weighted by atomic mass is 16.5. The number of rotatable bonds is 3. The summed E-state index contributed by atoms with van der Waals surface area (Å²) < 4.78 is 7.24. The Labute approximate surface area is 141 Å². The Morgan fingerprint density at radius 1 is 1.42 bits per heavy atom. The molecule has 0 spiro atoms. The molecule has 1 N–H and O–H groups in total. The highest BCUT2D eigenvalue weighted by Crippen LogP contribution is 2.43. The van der Waals surface area contributed by atoms with Gasteiger partial charge in [-0.05, 0) is 27.2 Å². The number of aliphatic carboxylic acids is 1. The first kappa shape index (κ1) is 17.0. The van der Waals surface area contributed by atoms with Crippen LogP contribution in [0.2, 0.25) is 0 Å². The molecule has 3 heterocycles. The molecule has 0 aliphatic carbocycles. The first-order chi connectivity index (χ1) is 11.3. The van der Waals surface area contributed by atoms with Gasteiger partial charge in [-0.3, -0.25) is 14.3 Å². The molecule has 1 aromatic heterocycles. The van der Waals surface area contributed by atoms with E-state index in [1.165, 1.54) is 0 Å². The van der Waals surface area contributed by atoms with Crippen molar-refractivity contribution in [2.24, 2.45) is 18.4 Å². The fourth-order valence-electron chi connectivity index (χ4n) is 4.28. The van der Waals surface area contributed by atoms with Gasteiger partial charge in [-0.15, -0.1) is 0 Å². The zero-order valence-electron chi connectivity index (χ0n) is 14.7. The number of aryl methyl sites for hydroxylation is 2. The Morgan fingerprint density at radius 3 is 2.67 bits per heavy atom. The Bertz CT molecular complexity index is 684. The van der Waals surface area contributed by atoms with Crippen molar-refractivity contribution in [1.29, 1.82) is 0 Å². The van der Waals surface area contributed by atoms with Gasteiger partial charge in [0.05, 0.1) is 23.6 Å². The normalized spacial score (nSPS) is 27.8. The summed E-state index contributed by atoms with van der Waals surface area (Å²) in [6, 6.07) is 0. The summed E-state index contributed by atoms with van der Waals surface area (Å²) in [5, 5.41) is 14.1. The second-order valence-corrected chi connectivity index (χ2v) is 7.13. The third kappa shape index (κ3) is 2.42. The van der Waals surface area contributed by atoms with Crippen LogP contribution in [-0.4, -0.2) is 58.0 Å². The van der Waals surface area contributed by atoms with Crippen LogP contribution in [0.15, 0.2) is 0 Å². The van der Waals surface area contributed by atoms with E-state index in [1.54, 1.807) is 9.58 Å². The number of carbonyl (C=O) groups is 2. The van der Waals surface area contributed by atoms with Crippen molar-refractivity contribution in [2.45, 2.75) is 33.1 Å². The number of carbonyl (C=O) groups excluding carboxylic acids is 1. The molecule has 0 bridgehead atoms. The van der Waals surface area contributed by atoms with Crippen LogP contribution in [0.4, 0.5) is 0 Å². The average Bonchev–Trinajstić information content (AvgIpc) is 3.05. The molecule has 1 unspecified atom stereocenters. The van der Waals surface area contributed by atoms with Crippen LogP contribution in [-0.2, 0) is 21.4 Å². The lowest BCUT2D eigenvalue weighted by Gasteiger charge is -2.33. The molecule has 2 saturated heterocycles. The Balaban J connectivity index is 1.84. The molecule has 3 atom stereocenters. The number of amides is 1. The number of hydrogen-bond donors (Lipinski definition) is 1. The summed E-state index contributed by atoms with van der Waals surface area (Å²) in [5.74, 6) is -1.29. The van der Waals surface area contributed by atoms with E-state index >= 15 is 0 Å². The summed E-state index contributed by atoms with van der Waals surface area (Å²) in [7, 11) is 1.87. The van der Waals surface area contributed by atoms with Gasteiger partial charge in [-0.25, -0.2) is 0 Å². The summed E-state index contributed by atoms with van der Waals surface area (Å²) in [5.41, 5.74) is 1.91. The summed E-state index contributed by atoms with van der Waals surface area (Å²) >= 11 is 0. The van der Waals surface area contributed by atoms with E-state index in [0.29, 0.717) is 26.2 Å². The molecule has 0 saturated carbocycles. The van der Waals surface area contributed by atoms with Gasteiger partial charge in [0, 0.05) is 43.9 Å². The standard InChI is InChI=1S/C17H25N3O4/c1-10(14-11(2)18-19(4)12(14)3)15(21)20-7-13-8-24-6-5-17(13,9-20)16(22)23/h10,13H,5-9H2,1-4H3,(H,22,23)/t10?,13-,17+/m0/s1. The molecule has 0 radical (unpaired) electrons. The molecule has 1 aromatic rings. The lowest BCUT2D eigenvalue weighted by atomic mass is 9.74. The largest absolute Gasteiger partial charge is 0.481 e. The van der Waals surface area contributed by atoms with E-state index < -0.39 is 11.4 Å². The fraction of sp³-hybridized carbons (Fsp3) is 0.706. The quantitative estimate of drug-likeness (QED) is 0.894. The van der Waals surface area contributed by atoms with Gasteiger partial charge >= 0.3 is 5.97 Å². The van der Waals surface area contributed by atoms with Crippen molar-refractivity contribution in [3.05, 3.63) is 17.0 Å². The van der Waals surface area contributed by atoms with Gasteiger partial charge in [0.2, 0.25) is 5.91 Å². The van der Waals surface area contributed by atoms with Crippen LogP contribution < -0.4 is 0 Å². The van der Waals surface area contributed by atoms with Crippen LogP contribution in [0.1, 0.15) is 36.2 Å². The van der Waals surface area contributed by atoms with Crippen molar-refractivity contribution in [1.82, 2.24) is 14.7 Å². The topological polar surface area (TPSA) is 84.7 Å². The third-order valence-corrected chi connectivity index (χ3v) is 5.81. The van der Waals surface area contributed by atoms with Crippen molar-refractivity contribution >= 4 is 11.9 Å². The van der Waals surface area contributed by atoms with Crippen molar-refractivity contribution in [3.63, 3.8) is 0 Å². The second kappa shape index (κ2) is 5.88. The van der Waals surface area contributed by atoms with Crippen molar-refractivity contribution in [3.8, 4) is 0 Å². The molecule has 2 aliphatic rings. The summed E-state index contributed by atoms with van der Waals surface area (Å²) in [6.45, 7) is 7.32. The first-order valence-electron chi connectivity index (χ1n) is 8.38. The highest BCUT2D eigenvalue weighted by Gasteiger charge is 2.55. The molecule has 0 aromatic carbocycles. The summed E-state index contributed by atoms with van der Waals surface area (Å²) in [6.07, 6.45) is 0.468. The van der Waals surface area contributed by atoms with Gasteiger partial charge in [0.1, 0.15) is 0 Å². The monoisotopic (exact) mass is 335 g/mol. The van der Waals surface area contributed by atoms with Crippen LogP contribution in [0.3, 0.4) is 0 Å². The van der Waals surface area contributed by atoms with Gasteiger partial charge in [-0.2, -0.15) is 5.10 Å². The van der Waals surface area contributed by atoms with Crippen LogP contribution >= 0.6 is 0 Å². The molecule has 1 amide bonds. The van der Waals surface area contributed by atoms with Crippen LogP contribution in [0.5, 0.6) is 0 Å². The molecule has 2 aliphatic heterocycles. The van der Waals surface area contributed by atoms with Crippen LogP contribution in [0.25, 0.3) is 0 Å². The molecular formula is C17H25N3O4. The molecular weight excluding hydrogens is 310 g/mol. The molecule has 7 heteroatoms. The number of likely N-dealkylation sites (tertiary alicyclic amines) is 1. The van der Waals surface area contributed by atoms with E-state index in [0.717, 1.165) is 17.0 Å². The number of carboxylic acid groups (broad SMARTS) is 1. The number of carboxylic acids is 1. The van der Waals surface area contributed by atoms with Crippen molar-refractivity contribution in [2.75, 3.05) is 26.3 Å². The second-order valence-electron chi connectivity index (χ2n) is 7.13. The molecule has 24 heavy (non-hydrogen) atoms. The minimum absolute atomic E-state index is 0.0239. The predicted molar refractivity (Wildman–Crippen MR) is 86.7 cm³/mol. The highest BCUT2D eigenvalue weighted by molar-refractivity contribution is 5.86. The van der Waals surface area contributed by atoms with E-state index in [9.17, 15) is 14.7 Å². The van der Waals surface area contributed by atoms with Crippen molar-refractivity contribution < 1.29 is 19.4 Å². The van der Waals surface area contributed by atoms with Gasteiger partial charge < -0.3 is 14.7 Å². The fourth-order valence-corrected chi connectivity index (χ4v) is 4.28. The lowest BCUT2D eigenvalue weighted by molar-refractivity contribution is -0.157. The Hall–Kier alpha value is -1.89. The third-order valence-electron chi connectivity index (χ3n) is 5.81. The van der Waals surface area contributed by atoms with Gasteiger partial charge in [0.25, 0.3) is 0 Å². The number of ether oxygens (including phenoxy) is 1. The minimum atomic E-state index is -0.855. The maximum absolute atomic E-state index is 13.0.